The maximum absolute atomic E-state index is 12.3. The number of anilines is 1. The molecule has 3 rings (SSSR count). The van der Waals surface area contributed by atoms with E-state index in [1.54, 1.807) is 6.07 Å². The summed E-state index contributed by atoms with van der Waals surface area (Å²) in [6.07, 6.45) is 2.20. The molecule has 1 saturated carbocycles. The van der Waals surface area contributed by atoms with Gasteiger partial charge in [-0.3, -0.25) is 14.9 Å². The Bertz CT molecular complexity index is 933. The molecule has 142 valence electrons. The molecule has 1 aliphatic rings. The molecule has 1 heterocycles. The number of non-ortho nitro benzene ring substituents is 1. The van der Waals surface area contributed by atoms with Gasteiger partial charge < -0.3 is 14.6 Å². The number of aromatic nitrogens is 1. The van der Waals surface area contributed by atoms with E-state index in [9.17, 15) is 19.7 Å². The first-order valence-electron chi connectivity index (χ1n) is 8.37. The van der Waals surface area contributed by atoms with E-state index in [0.29, 0.717) is 11.6 Å². The van der Waals surface area contributed by atoms with Gasteiger partial charge in [0, 0.05) is 29.6 Å². The average Bonchev–Trinajstić information content (AvgIpc) is 3.39. The zero-order chi connectivity index (χ0) is 19.7. The van der Waals surface area contributed by atoms with Crippen molar-refractivity contribution in [2.45, 2.75) is 32.7 Å². The number of ether oxygens (including phenoxy) is 1. The van der Waals surface area contributed by atoms with E-state index in [2.05, 4.69) is 9.88 Å². The highest BCUT2D eigenvalue weighted by atomic mass is 35.5. The number of esters is 1. The Morgan fingerprint density at radius 3 is 2.63 bits per heavy atom. The fourth-order valence-corrected chi connectivity index (χ4v) is 3.21. The molecule has 0 radical (unpaired) electrons. The second-order valence-electron chi connectivity index (χ2n) is 6.43. The second-order valence-corrected chi connectivity index (χ2v) is 6.84. The number of hydrogen-bond acceptors (Lipinski definition) is 5. The summed E-state index contributed by atoms with van der Waals surface area (Å²) in [7, 11) is 0. The number of carbonyl (C=O) groups excluding carboxylic acids is 2. The molecule has 27 heavy (non-hydrogen) atoms. The molecule has 9 heteroatoms. The zero-order valence-electron chi connectivity index (χ0n) is 14.8. The Morgan fingerprint density at radius 2 is 2.04 bits per heavy atom. The highest BCUT2D eigenvalue weighted by molar-refractivity contribution is 6.34. The van der Waals surface area contributed by atoms with Crippen molar-refractivity contribution in [2.75, 3.05) is 11.9 Å². The molecule has 0 unspecified atom stereocenters. The van der Waals surface area contributed by atoms with Gasteiger partial charge in [0.05, 0.1) is 21.2 Å². The zero-order valence-corrected chi connectivity index (χ0v) is 15.6. The Balaban J connectivity index is 1.60. The lowest BCUT2D eigenvalue weighted by Crippen LogP contribution is -2.21. The van der Waals surface area contributed by atoms with Gasteiger partial charge in [-0.05, 0) is 38.8 Å². The van der Waals surface area contributed by atoms with Crippen LogP contribution < -0.4 is 5.32 Å². The molecule has 2 aromatic rings. The second kappa shape index (κ2) is 7.40. The number of benzene rings is 1. The molecule has 0 spiro atoms. The van der Waals surface area contributed by atoms with Crippen molar-refractivity contribution in [1.29, 1.82) is 0 Å². The van der Waals surface area contributed by atoms with E-state index in [1.807, 2.05) is 13.8 Å². The third-order valence-electron chi connectivity index (χ3n) is 4.39. The molecule has 1 aromatic heterocycles. The lowest BCUT2D eigenvalue weighted by molar-refractivity contribution is -0.384. The minimum Gasteiger partial charge on any atom is -0.452 e. The van der Waals surface area contributed by atoms with Crippen molar-refractivity contribution < 1.29 is 19.2 Å². The minimum atomic E-state index is -0.588. The van der Waals surface area contributed by atoms with Crippen molar-refractivity contribution in [3.8, 4) is 0 Å². The maximum Gasteiger partial charge on any atom is 0.340 e. The molecule has 8 nitrogen and oxygen atoms in total. The van der Waals surface area contributed by atoms with Crippen molar-refractivity contribution in [1.82, 2.24) is 4.57 Å². The molecule has 1 amide bonds. The van der Waals surface area contributed by atoms with Crippen LogP contribution in [-0.4, -0.2) is 28.0 Å². The first kappa shape index (κ1) is 18.9. The molecule has 1 fully saturated rings. The van der Waals surface area contributed by atoms with Gasteiger partial charge in [0.25, 0.3) is 11.6 Å². The van der Waals surface area contributed by atoms with E-state index in [4.69, 9.17) is 16.3 Å². The van der Waals surface area contributed by atoms with Crippen LogP contribution in [0.4, 0.5) is 11.4 Å². The summed E-state index contributed by atoms with van der Waals surface area (Å²) in [6.45, 7) is 3.31. The van der Waals surface area contributed by atoms with Crippen LogP contribution in [0, 0.1) is 24.0 Å². The predicted octanol–water partition coefficient (Wildman–Crippen LogP) is 3.80. The molecule has 0 aliphatic heterocycles. The van der Waals surface area contributed by atoms with E-state index in [-0.39, 0.29) is 16.4 Å². The van der Waals surface area contributed by atoms with Crippen LogP contribution >= 0.6 is 11.6 Å². The number of nitrogens with one attached hydrogen (secondary N) is 1. The minimum absolute atomic E-state index is 0.0249. The largest absolute Gasteiger partial charge is 0.452 e. The Labute approximate surface area is 160 Å². The van der Waals surface area contributed by atoms with Crippen LogP contribution in [0.15, 0.2) is 24.3 Å². The van der Waals surface area contributed by atoms with Crippen molar-refractivity contribution in [3.63, 3.8) is 0 Å². The van der Waals surface area contributed by atoms with Gasteiger partial charge in [0.15, 0.2) is 6.61 Å². The maximum atomic E-state index is 12.3. The fourth-order valence-electron chi connectivity index (χ4n) is 2.99. The first-order valence-corrected chi connectivity index (χ1v) is 8.75. The van der Waals surface area contributed by atoms with Crippen LogP contribution in [-0.2, 0) is 9.53 Å². The van der Waals surface area contributed by atoms with Crippen molar-refractivity contribution in [2.24, 2.45) is 0 Å². The van der Waals surface area contributed by atoms with Gasteiger partial charge in [-0.15, -0.1) is 0 Å². The predicted molar refractivity (Wildman–Crippen MR) is 99.2 cm³/mol. The summed E-state index contributed by atoms with van der Waals surface area (Å²) < 4.78 is 7.22. The van der Waals surface area contributed by atoms with Gasteiger partial charge in [-0.1, -0.05) is 11.6 Å². The smallest absolute Gasteiger partial charge is 0.340 e. The van der Waals surface area contributed by atoms with Gasteiger partial charge in [-0.25, -0.2) is 4.79 Å². The molecule has 0 saturated heterocycles. The normalized spacial score (nSPS) is 13.3. The summed E-state index contributed by atoms with van der Waals surface area (Å²) in [6, 6.07) is 5.89. The molecule has 1 aromatic carbocycles. The van der Waals surface area contributed by atoms with Gasteiger partial charge in [0.1, 0.15) is 0 Å². The summed E-state index contributed by atoms with van der Waals surface area (Å²) >= 11 is 5.92. The van der Waals surface area contributed by atoms with Crippen molar-refractivity contribution >= 4 is 34.9 Å². The monoisotopic (exact) mass is 391 g/mol. The molecule has 0 atom stereocenters. The number of amides is 1. The summed E-state index contributed by atoms with van der Waals surface area (Å²) in [4.78, 5) is 34.4. The standard InChI is InChI=1S/C18H18ClN3O5/c1-10-7-14(11(2)21(10)12-3-4-12)18(24)27-9-17(23)20-16-6-5-13(22(25)26)8-15(16)19/h5-8,12H,3-4,9H2,1-2H3,(H,20,23). The number of nitrogens with zero attached hydrogens (tertiary/aromatic N) is 2. The first-order chi connectivity index (χ1) is 12.8. The summed E-state index contributed by atoms with van der Waals surface area (Å²) in [5, 5.41) is 13.2. The number of aryl methyl sites for hydroxylation is 1. The topological polar surface area (TPSA) is 103 Å². The van der Waals surface area contributed by atoms with E-state index in [0.717, 1.165) is 30.3 Å². The van der Waals surface area contributed by atoms with Gasteiger partial charge in [0.2, 0.25) is 0 Å². The highest BCUT2D eigenvalue weighted by Crippen LogP contribution is 2.38. The van der Waals surface area contributed by atoms with Crippen molar-refractivity contribution in [3.05, 3.63) is 56.4 Å². The number of halogens is 1. The number of hydrogen-bond donors (Lipinski definition) is 1. The summed E-state index contributed by atoms with van der Waals surface area (Å²) in [5.74, 6) is -1.16. The number of rotatable bonds is 6. The Kier molecular flexibility index (Phi) is 5.18. The molecule has 1 aliphatic carbocycles. The fraction of sp³-hybridized carbons (Fsp3) is 0.333. The number of nitro benzene ring substituents is 1. The highest BCUT2D eigenvalue weighted by Gasteiger charge is 2.28. The van der Waals surface area contributed by atoms with Gasteiger partial charge >= 0.3 is 5.97 Å². The van der Waals surface area contributed by atoms with Crippen LogP contribution in [0.1, 0.15) is 40.6 Å². The molecular weight excluding hydrogens is 374 g/mol. The molecule has 1 N–H and O–H groups in total. The Hall–Kier alpha value is -2.87. The van der Waals surface area contributed by atoms with Gasteiger partial charge in [-0.2, -0.15) is 0 Å². The van der Waals surface area contributed by atoms with Crippen LogP contribution in [0.3, 0.4) is 0 Å². The van der Waals surface area contributed by atoms with E-state index >= 15 is 0 Å². The lowest BCUT2D eigenvalue weighted by atomic mass is 10.2. The average molecular weight is 392 g/mol. The Morgan fingerprint density at radius 1 is 1.33 bits per heavy atom. The van der Waals surface area contributed by atoms with Crippen LogP contribution in [0.2, 0.25) is 5.02 Å². The molecule has 0 bridgehead atoms. The number of nitro groups is 1. The quantitative estimate of drug-likeness (QED) is 0.458. The summed E-state index contributed by atoms with van der Waals surface area (Å²) in [5.41, 5.74) is 2.29. The van der Waals surface area contributed by atoms with Crippen LogP contribution in [0.25, 0.3) is 0 Å². The van der Waals surface area contributed by atoms with Crippen LogP contribution in [0.5, 0.6) is 0 Å². The lowest BCUT2D eigenvalue weighted by Gasteiger charge is -2.09. The SMILES string of the molecule is Cc1cc(C(=O)OCC(=O)Nc2ccc([N+](=O)[O-])cc2Cl)c(C)n1C1CC1. The van der Waals surface area contributed by atoms with E-state index < -0.39 is 23.4 Å². The number of carbonyl (C=O) groups is 2. The van der Waals surface area contributed by atoms with E-state index in [1.165, 1.54) is 12.1 Å². The third kappa shape index (κ3) is 4.11. The third-order valence-corrected chi connectivity index (χ3v) is 4.70. The molecular formula is C18H18ClN3O5.